The number of hydrogen-bond donors (Lipinski definition) is 0. The van der Waals surface area contributed by atoms with Gasteiger partial charge in [-0.25, -0.2) is 4.39 Å². The summed E-state index contributed by atoms with van der Waals surface area (Å²) in [5.41, 5.74) is -0.970. The Hall–Kier alpha value is -0.150. The van der Waals surface area contributed by atoms with Gasteiger partial charge in [0.2, 0.25) is 0 Å². The molecule has 1 saturated heterocycles. The molecule has 3 heteroatoms. The average molecular weight is 229 g/mol. The van der Waals surface area contributed by atoms with Gasteiger partial charge in [-0.15, -0.1) is 0 Å². The fourth-order valence-corrected chi connectivity index (χ4v) is 2.88. The zero-order chi connectivity index (χ0) is 11.8. The molecule has 2 fully saturated rings. The van der Waals surface area contributed by atoms with Crippen LogP contribution in [0.5, 0.6) is 0 Å². The summed E-state index contributed by atoms with van der Waals surface area (Å²) in [5, 5.41) is 0. The monoisotopic (exact) mass is 229 g/mol. The molecule has 1 aliphatic carbocycles. The van der Waals surface area contributed by atoms with Crippen molar-refractivity contribution in [1.29, 1.82) is 0 Å². The second kappa shape index (κ2) is 4.61. The van der Waals surface area contributed by atoms with E-state index in [-0.39, 0.29) is 0 Å². The van der Waals surface area contributed by atoms with Crippen LogP contribution in [0.2, 0.25) is 0 Å². The van der Waals surface area contributed by atoms with Crippen molar-refractivity contribution in [3.05, 3.63) is 0 Å². The Balaban J connectivity index is 1.75. The van der Waals surface area contributed by atoms with Gasteiger partial charge in [0.15, 0.2) is 0 Å². The van der Waals surface area contributed by atoms with Crippen LogP contribution in [0.25, 0.3) is 0 Å². The minimum absolute atomic E-state index is 0.318. The number of rotatable bonds is 3. The lowest BCUT2D eigenvalue weighted by Gasteiger charge is -2.47. The van der Waals surface area contributed by atoms with Crippen molar-refractivity contribution in [3.8, 4) is 0 Å². The van der Waals surface area contributed by atoms with Crippen LogP contribution >= 0.6 is 0 Å². The maximum absolute atomic E-state index is 13.9. The number of piperidine rings is 1. The summed E-state index contributed by atoms with van der Waals surface area (Å²) in [5.74, 6) is 0. The highest BCUT2D eigenvalue weighted by Gasteiger charge is 2.40. The molecule has 2 nitrogen and oxygen atoms in total. The summed E-state index contributed by atoms with van der Waals surface area (Å²) in [6, 6.07) is 0.569. The Bertz CT molecular complexity index is 236. The summed E-state index contributed by atoms with van der Waals surface area (Å²) in [7, 11) is 0. The third-order valence-electron chi connectivity index (χ3n) is 3.73. The minimum atomic E-state index is -0.970. The molecule has 16 heavy (non-hydrogen) atoms. The highest BCUT2D eigenvalue weighted by Crippen LogP contribution is 2.34. The third kappa shape index (κ3) is 2.95. The van der Waals surface area contributed by atoms with Crippen LogP contribution in [0.1, 0.15) is 46.5 Å². The van der Waals surface area contributed by atoms with Crippen molar-refractivity contribution in [2.45, 2.75) is 70.4 Å². The zero-order valence-corrected chi connectivity index (χ0v) is 10.7. The second-order valence-electron chi connectivity index (χ2n) is 5.92. The maximum atomic E-state index is 13.9. The molecular formula is C13H24FNO. The molecule has 0 radical (unpaired) electrons. The lowest BCUT2D eigenvalue weighted by molar-refractivity contribution is -0.0913. The van der Waals surface area contributed by atoms with Crippen LogP contribution in [0.3, 0.4) is 0 Å². The Morgan fingerprint density at radius 2 is 2.06 bits per heavy atom. The van der Waals surface area contributed by atoms with E-state index in [9.17, 15) is 4.39 Å². The van der Waals surface area contributed by atoms with Crippen LogP contribution in [-0.2, 0) is 4.74 Å². The average Bonchev–Trinajstić information content (AvgIpc) is 2.08. The maximum Gasteiger partial charge on any atom is 0.120 e. The number of likely N-dealkylation sites (tertiary alicyclic amines) is 1. The van der Waals surface area contributed by atoms with Crippen LogP contribution in [0, 0.1) is 0 Å². The molecule has 2 aliphatic rings. The van der Waals surface area contributed by atoms with Gasteiger partial charge in [-0.2, -0.15) is 0 Å². The van der Waals surface area contributed by atoms with E-state index in [1.807, 2.05) is 0 Å². The van der Waals surface area contributed by atoms with Crippen molar-refractivity contribution >= 4 is 0 Å². The van der Waals surface area contributed by atoms with Gasteiger partial charge in [0.1, 0.15) is 5.67 Å². The molecule has 0 N–H and O–H groups in total. The van der Waals surface area contributed by atoms with Crippen molar-refractivity contribution in [2.75, 3.05) is 13.1 Å². The first kappa shape index (κ1) is 12.3. The number of halogens is 1. The molecule has 1 aliphatic heterocycles. The molecule has 0 aromatic carbocycles. The number of hydrogen-bond acceptors (Lipinski definition) is 2. The van der Waals surface area contributed by atoms with E-state index < -0.39 is 5.67 Å². The smallest absolute Gasteiger partial charge is 0.120 e. The normalized spacial score (nSPS) is 41.1. The Labute approximate surface area is 98.1 Å². The summed E-state index contributed by atoms with van der Waals surface area (Å²) in [4.78, 5) is 2.32. The first-order valence-electron chi connectivity index (χ1n) is 6.55. The van der Waals surface area contributed by atoms with Gasteiger partial charge < -0.3 is 4.74 Å². The topological polar surface area (TPSA) is 12.5 Å². The van der Waals surface area contributed by atoms with E-state index in [1.54, 1.807) is 6.92 Å². The quantitative estimate of drug-likeness (QED) is 0.738. The Kier molecular flexibility index (Phi) is 3.55. The van der Waals surface area contributed by atoms with Gasteiger partial charge in [0, 0.05) is 12.6 Å². The van der Waals surface area contributed by atoms with Crippen molar-refractivity contribution in [3.63, 3.8) is 0 Å². The summed E-state index contributed by atoms with van der Waals surface area (Å²) in [6.07, 6.45) is 4.64. The van der Waals surface area contributed by atoms with Gasteiger partial charge in [0.25, 0.3) is 0 Å². The molecule has 1 unspecified atom stereocenters. The molecule has 0 bridgehead atoms. The third-order valence-corrected chi connectivity index (χ3v) is 3.73. The summed E-state index contributed by atoms with van der Waals surface area (Å²) in [6.45, 7) is 7.57. The minimum Gasteiger partial charge on any atom is -0.375 e. The van der Waals surface area contributed by atoms with E-state index in [0.717, 1.165) is 32.2 Å². The van der Waals surface area contributed by atoms with E-state index in [2.05, 4.69) is 18.7 Å². The molecule has 1 atom stereocenters. The van der Waals surface area contributed by atoms with Crippen LogP contribution in [-0.4, -0.2) is 41.9 Å². The first-order valence-corrected chi connectivity index (χ1v) is 6.55. The number of nitrogens with zero attached hydrogens (tertiary/aromatic N) is 1. The summed E-state index contributed by atoms with van der Waals surface area (Å²) < 4.78 is 19.6. The van der Waals surface area contributed by atoms with Crippen LogP contribution in [0.4, 0.5) is 4.39 Å². The van der Waals surface area contributed by atoms with E-state index in [0.29, 0.717) is 24.8 Å². The largest absolute Gasteiger partial charge is 0.375 e. The molecule has 94 valence electrons. The van der Waals surface area contributed by atoms with E-state index in [4.69, 9.17) is 4.74 Å². The lowest BCUT2D eigenvalue weighted by Crippen LogP contribution is -2.54. The molecule has 0 spiro atoms. The molecule has 0 amide bonds. The number of ether oxygens (including phenoxy) is 1. The van der Waals surface area contributed by atoms with Gasteiger partial charge >= 0.3 is 0 Å². The van der Waals surface area contributed by atoms with Crippen molar-refractivity contribution in [2.24, 2.45) is 0 Å². The first-order chi connectivity index (χ1) is 7.46. The fourth-order valence-electron chi connectivity index (χ4n) is 2.88. The predicted octanol–water partition coefficient (Wildman–Crippen LogP) is 2.77. The molecule has 0 aromatic rings. The van der Waals surface area contributed by atoms with Gasteiger partial charge in [-0.1, -0.05) is 0 Å². The fraction of sp³-hybridized carbons (Fsp3) is 1.00. The summed E-state index contributed by atoms with van der Waals surface area (Å²) >= 11 is 0. The Morgan fingerprint density at radius 3 is 2.62 bits per heavy atom. The molecular weight excluding hydrogens is 205 g/mol. The predicted molar refractivity (Wildman–Crippen MR) is 63.4 cm³/mol. The lowest BCUT2D eigenvalue weighted by atomic mass is 9.84. The molecule has 1 heterocycles. The van der Waals surface area contributed by atoms with Crippen LogP contribution in [0.15, 0.2) is 0 Å². The van der Waals surface area contributed by atoms with E-state index in [1.165, 1.54) is 0 Å². The van der Waals surface area contributed by atoms with E-state index >= 15 is 0 Å². The second-order valence-corrected chi connectivity index (χ2v) is 5.92. The number of alkyl halides is 1. The standard InChI is InChI=1S/C13H24FNO/c1-10(2)16-12-7-11(8-12)15-6-4-5-13(3,14)9-15/h10-12H,4-9H2,1-3H3. The Morgan fingerprint density at radius 1 is 1.38 bits per heavy atom. The molecule has 1 saturated carbocycles. The van der Waals surface area contributed by atoms with Crippen LogP contribution < -0.4 is 0 Å². The van der Waals surface area contributed by atoms with Crippen molar-refractivity contribution < 1.29 is 9.13 Å². The van der Waals surface area contributed by atoms with Gasteiger partial charge in [0.05, 0.1) is 12.2 Å². The highest BCUT2D eigenvalue weighted by atomic mass is 19.1. The van der Waals surface area contributed by atoms with Crippen molar-refractivity contribution in [1.82, 2.24) is 4.90 Å². The zero-order valence-electron chi connectivity index (χ0n) is 10.7. The molecule has 0 aromatic heterocycles. The SMILES string of the molecule is CC(C)OC1CC(N2CCCC(C)(F)C2)C1. The molecule has 2 rings (SSSR count). The van der Waals surface area contributed by atoms with Gasteiger partial charge in [-0.05, 0) is 53.0 Å². The van der Waals surface area contributed by atoms with Gasteiger partial charge in [-0.3, -0.25) is 4.90 Å². The highest BCUT2D eigenvalue weighted by molar-refractivity contribution is 4.93.